The van der Waals surface area contributed by atoms with E-state index >= 15 is 0 Å². The molecule has 0 atom stereocenters. The topological polar surface area (TPSA) is 84.2 Å². The van der Waals surface area contributed by atoms with Crippen LogP contribution in [0.5, 0.6) is 0 Å². The van der Waals surface area contributed by atoms with Crippen molar-refractivity contribution in [3.05, 3.63) is 30.5 Å². The van der Waals surface area contributed by atoms with Gasteiger partial charge in [-0.1, -0.05) is 45.1 Å². The lowest BCUT2D eigenvalue weighted by Crippen LogP contribution is -2.56. The summed E-state index contributed by atoms with van der Waals surface area (Å²) in [6.07, 6.45) is 13.5. The molecule has 2 fully saturated rings. The Labute approximate surface area is 154 Å². The fourth-order valence-corrected chi connectivity index (χ4v) is 4.16. The molecule has 6 nitrogen and oxygen atoms in total. The van der Waals surface area contributed by atoms with Gasteiger partial charge in [-0.15, -0.1) is 0 Å². The van der Waals surface area contributed by atoms with Crippen LogP contribution < -0.4 is 10.6 Å². The van der Waals surface area contributed by atoms with Crippen LogP contribution in [0.25, 0.3) is 0 Å². The third-order valence-corrected chi connectivity index (χ3v) is 5.68. The van der Waals surface area contributed by atoms with Crippen LogP contribution in [0.2, 0.25) is 0 Å². The average Bonchev–Trinajstić information content (AvgIpc) is 3.18. The van der Waals surface area contributed by atoms with Crippen LogP contribution in [-0.4, -0.2) is 28.9 Å². The van der Waals surface area contributed by atoms with E-state index in [1.807, 2.05) is 0 Å². The fraction of sp³-hybridized carbons (Fsp3) is 0.650. The van der Waals surface area contributed by atoms with Crippen molar-refractivity contribution in [3.8, 4) is 0 Å². The molecule has 0 aromatic carbocycles. The van der Waals surface area contributed by atoms with Gasteiger partial charge >= 0.3 is 0 Å². The third-order valence-electron chi connectivity index (χ3n) is 5.68. The molecule has 1 aromatic heterocycles. The first-order valence-corrected chi connectivity index (χ1v) is 9.80. The molecule has 2 N–H and O–H groups in total. The molecule has 2 saturated carbocycles. The van der Waals surface area contributed by atoms with Crippen molar-refractivity contribution in [2.45, 2.75) is 75.7 Å². The van der Waals surface area contributed by atoms with Gasteiger partial charge < -0.3 is 15.1 Å². The summed E-state index contributed by atoms with van der Waals surface area (Å²) in [6, 6.07) is 0. The van der Waals surface area contributed by atoms with Gasteiger partial charge in [0.05, 0.1) is 5.54 Å². The molecule has 26 heavy (non-hydrogen) atoms. The van der Waals surface area contributed by atoms with E-state index in [4.69, 9.17) is 4.42 Å². The second-order valence-electron chi connectivity index (χ2n) is 7.62. The highest BCUT2D eigenvalue weighted by Gasteiger charge is 2.34. The summed E-state index contributed by atoms with van der Waals surface area (Å²) < 4.78 is 5.57. The van der Waals surface area contributed by atoms with Crippen LogP contribution in [0.1, 0.15) is 86.5 Å². The van der Waals surface area contributed by atoms with Gasteiger partial charge in [-0.3, -0.25) is 9.59 Å². The van der Waals surface area contributed by atoms with Crippen molar-refractivity contribution in [3.63, 3.8) is 0 Å². The molecular weight excluding hydrogens is 330 g/mol. The lowest BCUT2D eigenvalue weighted by molar-refractivity contribution is -0.118. The zero-order chi connectivity index (χ0) is 18.4. The Morgan fingerprint density at radius 3 is 2.58 bits per heavy atom. The van der Waals surface area contributed by atoms with Gasteiger partial charge in [0, 0.05) is 12.5 Å². The monoisotopic (exact) mass is 359 g/mol. The second kappa shape index (κ2) is 8.52. The van der Waals surface area contributed by atoms with Crippen molar-refractivity contribution in [2.24, 2.45) is 0 Å². The van der Waals surface area contributed by atoms with Crippen LogP contribution in [0, 0.1) is 0 Å². The molecule has 6 heteroatoms. The Kier molecular flexibility index (Phi) is 6.12. The molecule has 1 aromatic rings. The van der Waals surface area contributed by atoms with Crippen molar-refractivity contribution in [2.75, 3.05) is 6.54 Å². The van der Waals surface area contributed by atoms with Crippen LogP contribution >= 0.6 is 0 Å². The van der Waals surface area contributed by atoms with Crippen LogP contribution in [0.3, 0.4) is 0 Å². The van der Waals surface area contributed by atoms with E-state index < -0.39 is 5.54 Å². The summed E-state index contributed by atoms with van der Waals surface area (Å²) in [5, 5.41) is 5.97. The number of amides is 2. The average molecular weight is 359 g/mol. The molecule has 3 rings (SSSR count). The van der Waals surface area contributed by atoms with Crippen LogP contribution in [0.15, 0.2) is 23.3 Å². The number of nitrogens with one attached hydrogen (secondary N) is 2. The second-order valence-corrected chi connectivity index (χ2v) is 7.62. The van der Waals surface area contributed by atoms with E-state index in [9.17, 15) is 9.59 Å². The molecular formula is C20H29N3O3. The first kappa shape index (κ1) is 18.7. The largest absolute Gasteiger partial charge is 0.448 e. The highest BCUT2D eigenvalue weighted by atomic mass is 16.3. The number of carbonyl (C=O) groups excluding carboxylic acids is 2. The van der Waals surface area contributed by atoms with E-state index in [2.05, 4.69) is 22.2 Å². The number of aromatic nitrogens is 1. The molecule has 0 aliphatic heterocycles. The Morgan fingerprint density at radius 2 is 1.88 bits per heavy atom. The minimum absolute atomic E-state index is 0.192. The molecule has 142 valence electrons. The minimum atomic E-state index is -0.394. The molecule has 2 aliphatic carbocycles. The Balaban J connectivity index is 1.60. The molecule has 2 amide bonds. The molecule has 0 unspecified atom stereocenters. The zero-order valence-corrected chi connectivity index (χ0v) is 15.4. The Morgan fingerprint density at radius 1 is 1.19 bits per heavy atom. The summed E-state index contributed by atoms with van der Waals surface area (Å²) in [5.74, 6) is 0.583. The predicted molar refractivity (Wildman–Crippen MR) is 98.8 cm³/mol. The van der Waals surface area contributed by atoms with E-state index in [1.54, 1.807) is 0 Å². The predicted octanol–water partition coefficient (Wildman–Crippen LogP) is 3.46. The summed E-state index contributed by atoms with van der Waals surface area (Å²) >= 11 is 0. The van der Waals surface area contributed by atoms with Gasteiger partial charge in [0.1, 0.15) is 6.26 Å². The van der Waals surface area contributed by atoms with Crippen molar-refractivity contribution < 1.29 is 14.0 Å². The summed E-state index contributed by atoms with van der Waals surface area (Å²) in [6.45, 7) is 3.93. The minimum Gasteiger partial charge on any atom is -0.448 e. The quantitative estimate of drug-likeness (QED) is 0.762. The number of rotatable bonds is 6. The Bertz CT molecular complexity index is 640. The highest BCUT2D eigenvalue weighted by Crippen LogP contribution is 2.32. The standard InChI is InChI=1S/C20H29N3O3/c1-2-17(24)23-20(11-7-4-8-12-20)14-21-18(25)16-13-26-19(22-16)15-9-5-3-6-10-15/h2,13,15H,1,3-12,14H2,(H,21,25)(H,23,24). The number of hydrogen-bond acceptors (Lipinski definition) is 4. The molecule has 1 heterocycles. The Hall–Kier alpha value is -2.11. The van der Waals surface area contributed by atoms with Gasteiger partial charge in [0.25, 0.3) is 5.91 Å². The van der Waals surface area contributed by atoms with Gasteiger partial charge in [0.15, 0.2) is 11.6 Å². The van der Waals surface area contributed by atoms with Gasteiger partial charge in [-0.05, 0) is 31.8 Å². The molecule has 0 saturated heterocycles. The van der Waals surface area contributed by atoms with E-state index in [1.165, 1.54) is 31.6 Å². The molecule has 0 radical (unpaired) electrons. The van der Waals surface area contributed by atoms with Gasteiger partial charge in [0.2, 0.25) is 5.91 Å². The maximum Gasteiger partial charge on any atom is 0.273 e. The highest BCUT2D eigenvalue weighted by molar-refractivity contribution is 5.92. The summed E-state index contributed by atoms with van der Waals surface area (Å²) in [5.41, 5.74) is -0.0682. The summed E-state index contributed by atoms with van der Waals surface area (Å²) in [7, 11) is 0. The fourth-order valence-electron chi connectivity index (χ4n) is 4.16. The summed E-state index contributed by atoms with van der Waals surface area (Å²) in [4.78, 5) is 28.7. The lowest BCUT2D eigenvalue weighted by Gasteiger charge is -2.38. The normalized spacial score (nSPS) is 20.3. The van der Waals surface area contributed by atoms with E-state index in [0.29, 0.717) is 24.0 Å². The van der Waals surface area contributed by atoms with Crippen LogP contribution in [-0.2, 0) is 4.79 Å². The molecule has 0 bridgehead atoms. The number of oxazole rings is 1. The molecule has 2 aliphatic rings. The van der Waals surface area contributed by atoms with E-state index in [0.717, 1.165) is 44.9 Å². The van der Waals surface area contributed by atoms with Crippen molar-refractivity contribution in [1.29, 1.82) is 0 Å². The lowest BCUT2D eigenvalue weighted by atomic mass is 9.81. The van der Waals surface area contributed by atoms with E-state index in [-0.39, 0.29) is 11.8 Å². The van der Waals surface area contributed by atoms with Crippen molar-refractivity contribution in [1.82, 2.24) is 15.6 Å². The van der Waals surface area contributed by atoms with Gasteiger partial charge in [-0.25, -0.2) is 4.98 Å². The smallest absolute Gasteiger partial charge is 0.273 e. The first-order valence-electron chi connectivity index (χ1n) is 9.80. The maximum absolute atomic E-state index is 12.5. The van der Waals surface area contributed by atoms with Gasteiger partial charge in [-0.2, -0.15) is 0 Å². The zero-order valence-electron chi connectivity index (χ0n) is 15.4. The SMILES string of the molecule is C=CC(=O)NC1(CNC(=O)c2coc(C3CCCCC3)n2)CCCCC1. The van der Waals surface area contributed by atoms with Crippen LogP contribution in [0.4, 0.5) is 0 Å². The van der Waals surface area contributed by atoms with Crippen molar-refractivity contribution >= 4 is 11.8 Å². The maximum atomic E-state index is 12.5. The first-order chi connectivity index (χ1) is 12.6. The number of nitrogens with zero attached hydrogens (tertiary/aromatic N) is 1. The molecule has 0 spiro atoms. The third kappa shape index (κ3) is 4.54. The number of carbonyl (C=O) groups is 2. The number of hydrogen-bond donors (Lipinski definition) is 2.